The number of rotatable bonds is 7. The predicted molar refractivity (Wildman–Crippen MR) is 64.1 cm³/mol. The fraction of sp³-hybridized carbons (Fsp3) is 1.00. The molecule has 0 heterocycles. The summed E-state index contributed by atoms with van der Waals surface area (Å²) in [4.78, 5) is 0. The average molecular weight is 203 g/mol. The lowest BCUT2D eigenvalue weighted by atomic mass is 10.6. The fourth-order valence-corrected chi connectivity index (χ4v) is 8.81. The molecule has 0 rings (SSSR count). The Labute approximate surface area is 81.9 Å². The van der Waals surface area contributed by atoms with Gasteiger partial charge in [0.05, 0.1) is 10.4 Å². The topological polar surface area (TPSA) is 12.0 Å². The third-order valence-corrected chi connectivity index (χ3v) is 11.3. The van der Waals surface area contributed by atoms with Gasteiger partial charge in [0.25, 0.3) is 0 Å². The highest BCUT2D eigenvalue weighted by atomic mass is 28.4. The van der Waals surface area contributed by atoms with Crippen LogP contribution in [0.2, 0.25) is 18.1 Å². The van der Waals surface area contributed by atoms with Crippen LogP contribution >= 0.6 is 0 Å². The van der Waals surface area contributed by atoms with Gasteiger partial charge in [-0.25, -0.2) is 0 Å². The molecule has 0 aliphatic heterocycles. The Morgan fingerprint density at radius 2 is 1.25 bits per heavy atom. The van der Waals surface area contributed by atoms with E-state index in [0.717, 1.165) is 0 Å². The van der Waals surface area contributed by atoms with E-state index in [0.29, 0.717) is 0 Å². The Morgan fingerprint density at radius 3 is 1.42 bits per heavy atom. The van der Waals surface area contributed by atoms with E-state index in [1.54, 1.807) is 0 Å². The van der Waals surface area contributed by atoms with E-state index < -0.39 is 8.24 Å². The molecule has 0 unspecified atom stereocenters. The zero-order valence-electron chi connectivity index (χ0n) is 9.24. The maximum absolute atomic E-state index is 3.80. The second-order valence-electron chi connectivity index (χ2n) is 3.78. The van der Waals surface area contributed by atoms with Gasteiger partial charge in [0, 0.05) is 0 Å². The molecule has 3 heteroatoms. The smallest absolute Gasteiger partial charge is 0.118 e. The summed E-state index contributed by atoms with van der Waals surface area (Å²) in [5.41, 5.74) is 0. The molecule has 0 atom stereocenters. The van der Waals surface area contributed by atoms with Crippen molar-refractivity contribution in [1.29, 1.82) is 0 Å². The van der Waals surface area contributed by atoms with Gasteiger partial charge in [-0.3, -0.25) is 0 Å². The van der Waals surface area contributed by atoms with Gasteiger partial charge in [-0.05, 0) is 18.1 Å². The normalized spacial score (nSPS) is 12.2. The summed E-state index contributed by atoms with van der Waals surface area (Å²) in [6.07, 6.45) is 4.13. The van der Waals surface area contributed by atoms with Gasteiger partial charge in [0.1, 0.15) is 8.24 Å². The van der Waals surface area contributed by atoms with Gasteiger partial charge >= 0.3 is 0 Å². The Hall–Kier alpha value is 0.394. The van der Waals surface area contributed by atoms with Gasteiger partial charge < -0.3 is 4.65 Å². The van der Waals surface area contributed by atoms with Crippen LogP contribution in [0.3, 0.4) is 0 Å². The van der Waals surface area contributed by atoms with Crippen molar-refractivity contribution in [3.05, 3.63) is 0 Å². The quantitative estimate of drug-likeness (QED) is 0.625. The molecule has 0 saturated carbocycles. The zero-order valence-corrected chi connectivity index (χ0v) is 12.2. The number of hydrogen-bond acceptors (Lipinski definition) is 1. The Morgan fingerprint density at radius 1 is 0.917 bits per heavy atom. The van der Waals surface area contributed by atoms with Crippen molar-refractivity contribution in [1.82, 2.24) is 4.65 Å². The molecule has 0 bridgehead atoms. The first-order valence-corrected chi connectivity index (χ1v) is 9.05. The molecular formula is C9H25NSi2. The highest BCUT2D eigenvalue weighted by Crippen LogP contribution is 2.22. The summed E-state index contributed by atoms with van der Waals surface area (Å²) >= 11 is 0. The monoisotopic (exact) mass is 203 g/mol. The van der Waals surface area contributed by atoms with Crippen molar-refractivity contribution in [3.63, 3.8) is 0 Å². The molecule has 0 aliphatic carbocycles. The lowest BCUT2D eigenvalue weighted by molar-refractivity contribution is 0.903. The van der Waals surface area contributed by atoms with Crippen LogP contribution in [0, 0.1) is 0 Å². The van der Waals surface area contributed by atoms with Gasteiger partial charge in [-0.2, -0.15) is 0 Å². The predicted octanol–water partition coefficient (Wildman–Crippen LogP) is 2.03. The zero-order chi connectivity index (χ0) is 9.45. The standard InChI is InChI=1S/C9H25NSi2/c1-4-7-12(10-11,8-5-2)9-6-3/h10H,4-9H2,1-3,11H3. The van der Waals surface area contributed by atoms with Gasteiger partial charge in [-0.15, -0.1) is 0 Å². The van der Waals surface area contributed by atoms with Gasteiger partial charge in [-0.1, -0.05) is 40.0 Å². The lowest BCUT2D eigenvalue weighted by Crippen LogP contribution is -2.48. The van der Waals surface area contributed by atoms with E-state index in [-0.39, 0.29) is 0 Å². The molecule has 1 N–H and O–H groups in total. The lowest BCUT2D eigenvalue weighted by Gasteiger charge is -2.30. The maximum Gasteiger partial charge on any atom is 0.118 e. The minimum Gasteiger partial charge on any atom is -0.366 e. The molecule has 74 valence electrons. The van der Waals surface area contributed by atoms with Crippen molar-refractivity contribution < 1.29 is 0 Å². The van der Waals surface area contributed by atoms with Crippen molar-refractivity contribution >= 4 is 18.6 Å². The summed E-state index contributed by atoms with van der Waals surface area (Å²) in [6.45, 7) is 6.98. The SMILES string of the molecule is CCC[Si](CCC)(CCC)N[SiH3]. The third kappa shape index (κ3) is 3.87. The molecular weight excluding hydrogens is 178 g/mol. The van der Waals surface area contributed by atoms with Crippen LogP contribution in [0.5, 0.6) is 0 Å². The average Bonchev–Trinajstić information content (AvgIpc) is 2.06. The van der Waals surface area contributed by atoms with Crippen molar-refractivity contribution in [2.24, 2.45) is 0 Å². The van der Waals surface area contributed by atoms with Gasteiger partial charge in [0.2, 0.25) is 0 Å². The Balaban J connectivity index is 4.06. The maximum atomic E-state index is 3.80. The second kappa shape index (κ2) is 6.86. The van der Waals surface area contributed by atoms with Crippen LogP contribution in [0.4, 0.5) is 0 Å². The molecule has 0 amide bonds. The summed E-state index contributed by atoms with van der Waals surface area (Å²) in [7, 11) is 0.243. The van der Waals surface area contributed by atoms with E-state index in [1.165, 1.54) is 47.8 Å². The number of nitrogens with one attached hydrogen (secondary N) is 1. The van der Waals surface area contributed by atoms with E-state index >= 15 is 0 Å². The summed E-state index contributed by atoms with van der Waals surface area (Å²) in [6, 6.07) is 4.49. The van der Waals surface area contributed by atoms with Crippen LogP contribution in [0.15, 0.2) is 0 Å². The molecule has 0 aromatic rings. The second-order valence-corrected chi connectivity index (χ2v) is 9.84. The highest BCUT2D eigenvalue weighted by Gasteiger charge is 2.27. The number of hydrogen-bond donors (Lipinski definition) is 1. The minimum atomic E-state index is -0.958. The molecule has 12 heavy (non-hydrogen) atoms. The molecule has 0 radical (unpaired) electrons. The largest absolute Gasteiger partial charge is 0.366 e. The van der Waals surface area contributed by atoms with Crippen LogP contribution < -0.4 is 4.65 Å². The van der Waals surface area contributed by atoms with Crippen molar-refractivity contribution in [2.45, 2.75) is 58.2 Å². The van der Waals surface area contributed by atoms with Crippen LogP contribution in [0.25, 0.3) is 0 Å². The first-order valence-electron chi connectivity index (χ1n) is 5.43. The summed E-state index contributed by atoms with van der Waals surface area (Å²) < 4.78 is 3.80. The molecule has 1 nitrogen and oxygen atoms in total. The minimum absolute atomic E-state index is 0.958. The van der Waals surface area contributed by atoms with E-state index in [4.69, 9.17) is 0 Å². The molecule has 0 fully saturated rings. The summed E-state index contributed by atoms with van der Waals surface area (Å²) in [5.74, 6) is 0. The van der Waals surface area contributed by atoms with Crippen LogP contribution in [-0.4, -0.2) is 18.6 Å². The molecule has 0 aliphatic rings. The molecule has 0 spiro atoms. The summed E-state index contributed by atoms with van der Waals surface area (Å²) in [5, 5.41) is 0. The fourth-order valence-electron chi connectivity index (χ4n) is 2.19. The first kappa shape index (κ1) is 12.4. The van der Waals surface area contributed by atoms with Crippen molar-refractivity contribution in [2.75, 3.05) is 0 Å². The first-order chi connectivity index (χ1) is 5.74. The third-order valence-electron chi connectivity index (χ3n) is 2.72. The van der Waals surface area contributed by atoms with Crippen LogP contribution in [-0.2, 0) is 0 Å². The van der Waals surface area contributed by atoms with Crippen molar-refractivity contribution in [3.8, 4) is 0 Å². The molecule has 0 aromatic heterocycles. The molecule has 0 saturated heterocycles. The van der Waals surface area contributed by atoms with Gasteiger partial charge in [0.15, 0.2) is 0 Å². The van der Waals surface area contributed by atoms with E-state index in [1.807, 2.05) is 0 Å². The highest BCUT2D eigenvalue weighted by molar-refractivity contribution is 6.80. The van der Waals surface area contributed by atoms with E-state index in [2.05, 4.69) is 25.4 Å². The molecule has 0 aromatic carbocycles. The Kier molecular flexibility index (Phi) is 7.09. The van der Waals surface area contributed by atoms with E-state index in [9.17, 15) is 0 Å². The Bertz CT molecular complexity index is 89.7. The van der Waals surface area contributed by atoms with Crippen LogP contribution in [0.1, 0.15) is 40.0 Å².